The second kappa shape index (κ2) is 5.95. The monoisotopic (exact) mass is 283 g/mol. The maximum Gasteiger partial charge on any atom is 0.204 e. The van der Waals surface area contributed by atoms with Gasteiger partial charge in [-0.2, -0.15) is 0 Å². The maximum absolute atomic E-state index is 13.4. The van der Waals surface area contributed by atoms with E-state index in [4.69, 9.17) is 0 Å². The molecule has 3 rings (SSSR count). The quantitative estimate of drug-likeness (QED) is 0.765. The van der Waals surface area contributed by atoms with Gasteiger partial charge < -0.3 is 9.88 Å². The molecule has 0 aliphatic heterocycles. The Morgan fingerprint density at radius 3 is 2.81 bits per heavy atom. The SMILES string of the molecule is CCCNc1nc2ccccc2n1Cc1cccc(F)c1. The molecule has 0 aliphatic carbocycles. The normalized spacial score (nSPS) is 11.0. The van der Waals surface area contributed by atoms with Gasteiger partial charge in [-0.1, -0.05) is 31.2 Å². The van der Waals surface area contributed by atoms with Gasteiger partial charge in [0.2, 0.25) is 5.95 Å². The number of imidazole rings is 1. The van der Waals surface area contributed by atoms with E-state index in [0.29, 0.717) is 6.54 Å². The molecule has 1 heterocycles. The van der Waals surface area contributed by atoms with E-state index in [2.05, 4.69) is 21.8 Å². The van der Waals surface area contributed by atoms with Crippen molar-refractivity contribution >= 4 is 17.0 Å². The minimum absolute atomic E-state index is 0.208. The van der Waals surface area contributed by atoms with Crippen LogP contribution < -0.4 is 5.32 Å². The number of rotatable bonds is 5. The molecule has 0 unspecified atom stereocenters. The Morgan fingerprint density at radius 2 is 2.00 bits per heavy atom. The first-order chi connectivity index (χ1) is 10.3. The van der Waals surface area contributed by atoms with Gasteiger partial charge in [-0.3, -0.25) is 0 Å². The van der Waals surface area contributed by atoms with Crippen molar-refractivity contribution in [2.45, 2.75) is 19.9 Å². The number of nitrogens with one attached hydrogen (secondary N) is 1. The second-order valence-corrected chi connectivity index (χ2v) is 5.07. The molecule has 0 bridgehead atoms. The fraction of sp³-hybridized carbons (Fsp3) is 0.235. The summed E-state index contributed by atoms with van der Waals surface area (Å²) in [7, 11) is 0. The molecule has 0 aliphatic rings. The van der Waals surface area contributed by atoms with Crippen LogP contribution in [0.2, 0.25) is 0 Å². The van der Waals surface area contributed by atoms with E-state index in [1.54, 1.807) is 12.1 Å². The Morgan fingerprint density at radius 1 is 1.14 bits per heavy atom. The number of para-hydroxylation sites is 2. The van der Waals surface area contributed by atoms with Crippen LogP contribution in [0.15, 0.2) is 48.5 Å². The summed E-state index contributed by atoms with van der Waals surface area (Å²) in [4.78, 5) is 4.63. The number of halogens is 1. The summed E-state index contributed by atoms with van der Waals surface area (Å²) in [6.07, 6.45) is 1.03. The third kappa shape index (κ3) is 2.89. The fourth-order valence-corrected chi connectivity index (χ4v) is 2.43. The predicted molar refractivity (Wildman–Crippen MR) is 84.0 cm³/mol. The van der Waals surface area contributed by atoms with Crippen LogP contribution in [-0.4, -0.2) is 16.1 Å². The Kier molecular flexibility index (Phi) is 3.86. The Bertz CT molecular complexity index is 749. The topological polar surface area (TPSA) is 29.9 Å². The number of fused-ring (bicyclic) bond motifs is 1. The molecule has 1 N–H and O–H groups in total. The summed E-state index contributed by atoms with van der Waals surface area (Å²) < 4.78 is 15.5. The average Bonchev–Trinajstić information content (AvgIpc) is 2.83. The highest BCUT2D eigenvalue weighted by molar-refractivity contribution is 5.78. The summed E-state index contributed by atoms with van der Waals surface area (Å²) >= 11 is 0. The van der Waals surface area contributed by atoms with E-state index in [9.17, 15) is 4.39 Å². The lowest BCUT2D eigenvalue weighted by Crippen LogP contribution is -2.09. The molecule has 0 spiro atoms. The van der Waals surface area contributed by atoms with Crippen LogP contribution in [0.1, 0.15) is 18.9 Å². The lowest BCUT2D eigenvalue weighted by Gasteiger charge is -2.10. The van der Waals surface area contributed by atoms with Crippen LogP contribution in [0.3, 0.4) is 0 Å². The molecular weight excluding hydrogens is 265 g/mol. The first-order valence-corrected chi connectivity index (χ1v) is 7.21. The van der Waals surface area contributed by atoms with Crippen molar-refractivity contribution in [2.75, 3.05) is 11.9 Å². The van der Waals surface area contributed by atoms with Gasteiger partial charge in [0.1, 0.15) is 5.82 Å². The number of aromatic nitrogens is 2. The summed E-state index contributed by atoms with van der Waals surface area (Å²) in [6.45, 7) is 3.59. The number of nitrogens with zero attached hydrogens (tertiary/aromatic N) is 2. The van der Waals surface area contributed by atoms with Crippen LogP contribution in [0.4, 0.5) is 10.3 Å². The molecular formula is C17H18FN3. The highest BCUT2D eigenvalue weighted by Gasteiger charge is 2.10. The second-order valence-electron chi connectivity index (χ2n) is 5.07. The fourth-order valence-electron chi connectivity index (χ4n) is 2.43. The molecule has 0 saturated carbocycles. The molecule has 1 aromatic heterocycles. The lowest BCUT2D eigenvalue weighted by atomic mass is 10.2. The van der Waals surface area contributed by atoms with Crippen LogP contribution in [-0.2, 0) is 6.54 Å². The van der Waals surface area contributed by atoms with E-state index in [0.717, 1.165) is 35.5 Å². The van der Waals surface area contributed by atoms with Crippen molar-refractivity contribution in [1.82, 2.24) is 9.55 Å². The maximum atomic E-state index is 13.4. The van der Waals surface area contributed by atoms with Gasteiger partial charge in [0, 0.05) is 6.54 Å². The summed E-state index contributed by atoms with van der Waals surface area (Å²) in [5.74, 6) is 0.627. The lowest BCUT2D eigenvalue weighted by molar-refractivity contribution is 0.624. The molecule has 108 valence electrons. The molecule has 0 atom stereocenters. The third-order valence-corrected chi connectivity index (χ3v) is 3.42. The van der Waals surface area contributed by atoms with Gasteiger partial charge in [-0.05, 0) is 36.2 Å². The highest BCUT2D eigenvalue weighted by Crippen LogP contribution is 2.21. The highest BCUT2D eigenvalue weighted by atomic mass is 19.1. The minimum atomic E-state index is -0.208. The Balaban J connectivity index is 2.02. The third-order valence-electron chi connectivity index (χ3n) is 3.42. The minimum Gasteiger partial charge on any atom is -0.356 e. The van der Waals surface area contributed by atoms with Gasteiger partial charge in [-0.25, -0.2) is 9.37 Å². The average molecular weight is 283 g/mol. The molecule has 4 heteroatoms. The van der Waals surface area contributed by atoms with Crippen LogP contribution in [0.25, 0.3) is 11.0 Å². The smallest absolute Gasteiger partial charge is 0.204 e. The van der Waals surface area contributed by atoms with E-state index < -0.39 is 0 Å². The first kappa shape index (κ1) is 13.6. The van der Waals surface area contributed by atoms with E-state index in [-0.39, 0.29) is 5.82 Å². The van der Waals surface area contributed by atoms with Crippen LogP contribution in [0.5, 0.6) is 0 Å². The van der Waals surface area contributed by atoms with Gasteiger partial charge in [-0.15, -0.1) is 0 Å². The van der Waals surface area contributed by atoms with E-state index >= 15 is 0 Å². The molecule has 0 radical (unpaired) electrons. The molecule has 0 amide bonds. The summed E-state index contributed by atoms with van der Waals surface area (Å²) in [5.41, 5.74) is 2.94. The molecule has 0 saturated heterocycles. The molecule has 2 aromatic carbocycles. The largest absolute Gasteiger partial charge is 0.356 e. The van der Waals surface area contributed by atoms with Crippen LogP contribution >= 0.6 is 0 Å². The standard InChI is InChI=1S/C17H18FN3/c1-2-10-19-17-20-15-8-3-4-9-16(15)21(17)12-13-6-5-7-14(18)11-13/h3-9,11H,2,10,12H2,1H3,(H,19,20). The van der Waals surface area contributed by atoms with Gasteiger partial charge in [0.15, 0.2) is 0 Å². The van der Waals surface area contributed by atoms with E-state index in [1.165, 1.54) is 6.07 Å². The first-order valence-electron chi connectivity index (χ1n) is 7.21. The number of hydrogen-bond acceptors (Lipinski definition) is 2. The number of benzene rings is 2. The molecule has 0 fully saturated rings. The van der Waals surface area contributed by atoms with Gasteiger partial charge in [0.05, 0.1) is 17.6 Å². The van der Waals surface area contributed by atoms with Crippen LogP contribution in [0, 0.1) is 5.82 Å². The number of anilines is 1. The zero-order valence-electron chi connectivity index (χ0n) is 12.0. The number of hydrogen-bond donors (Lipinski definition) is 1. The van der Waals surface area contributed by atoms with Gasteiger partial charge >= 0.3 is 0 Å². The van der Waals surface area contributed by atoms with Gasteiger partial charge in [0.25, 0.3) is 0 Å². The van der Waals surface area contributed by atoms with Crippen molar-refractivity contribution in [3.05, 3.63) is 59.9 Å². The zero-order chi connectivity index (χ0) is 14.7. The Labute approximate surface area is 123 Å². The van der Waals surface area contributed by atoms with Crippen molar-refractivity contribution in [3.63, 3.8) is 0 Å². The zero-order valence-corrected chi connectivity index (χ0v) is 12.0. The summed E-state index contributed by atoms with van der Waals surface area (Å²) in [6, 6.07) is 14.7. The van der Waals surface area contributed by atoms with E-state index in [1.807, 2.05) is 30.3 Å². The van der Waals surface area contributed by atoms with Crippen molar-refractivity contribution in [2.24, 2.45) is 0 Å². The molecule has 3 aromatic rings. The predicted octanol–water partition coefficient (Wildman–Crippen LogP) is 4.05. The summed E-state index contributed by atoms with van der Waals surface area (Å²) in [5, 5.41) is 3.35. The Hall–Kier alpha value is -2.36. The molecule has 21 heavy (non-hydrogen) atoms. The van der Waals surface area contributed by atoms with Crippen molar-refractivity contribution < 1.29 is 4.39 Å². The van der Waals surface area contributed by atoms with Crippen molar-refractivity contribution in [1.29, 1.82) is 0 Å². The molecule has 3 nitrogen and oxygen atoms in total. The van der Waals surface area contributed by atoms with Crippen molar-refractivity contribution in [3.8, 4) is 0 Å².